The van der Waals surface area contributed by atoms with Crippen molar-refractivity contribution in [3.05, 3.63) is 40.8 Å². The first-order valence-corrected chi connectivity index (χ1v) is 10.4. The number of ether oxygens (including phenoxy) is 2. The Bertz CT molecular complexity index is 1020. The summed E-state index contributed by atoms with van der Waals surface area (Å²) in [7, 11) is -2.22. The number of pyridine rings is 1. The molecule has 7 nitrogen and oxygen atoms in total. The van der Waals surface area contributed by atoms with E-state index < -0.39 is 20.8 Å². The van der Waals surface area contributed by atoms with E-state index in [-0.39, 0.29) is 34.5 Å². The number of aromatic nitrogens is 1. The predicted octanol–water partition coefficient (Wildman–Crippen LogP) is 3.17. The highest BCUT2D eigenvalue weighted by atomic mass is 35.5. The van der Waals surface area contributed by atoms with E-state index in [1.165, 1.54) is 24.3 Å². The zero-order valence-corrected chi connectivity index (χ0v) is 16.6. The van der Waals surface area contributed by atoms with Crippen LogP contribution in [0.15, 0.2) is 29.2 Å². The molecular weight excluding hydrogens is 409 g/mol. The van der Waals surface area contributed by atoms with Crippen LogP contribution < -0.4 is 9.64 Å². The molecule has 10 heteroatoms. The number of fused-ring (bicyclic) bond motifs is 1. The molecule has 3 rings (SSSR count). The van der Waals surface area contributed by atoms with Crippen molar-refractivity contribution in [1.29, 1.82) is 5.26 Å². The van der Waals surface area contributed by atoms with Gasteiger partial charge < -0.3 is 14.4 Å². The van der Waals surface area contributed by atoms with Crippen LogP contribution in [0.3, 0.4) is 0 Å². The maximum Gasteiger partial charge on any atom is 0.247 e. The van der Waals surface area contributed by atoms with Gasteiger partial charge in [-0.3, -0.25) is 0 Å². The molecule has 0 saturated heterocycles. The molecule has 0 saturated carbocycles. The second-order valence-electron chi connectivity index (χ2n) is 6.09. The molecule has 0 unspecified atom stereocenters. The van der Waals surface area contributed by atoms with Gasteiger partial charge in [-0.2, -0.15) is 14.6 Å². The molecule has 1 aliphatic heterocycles. The Kier molecular flexibility index (Phi) is 6.03. The highest BCUT2D eigenvalue weighted by molar-refractivity contribution is 7.91. The minimum absolute atomic E-state index is 0.137. The van der Waals surface area contributed by atoms with Crippen LogP contribution >= 0.6 is 11.6 Å². The van der Waals surface area contributed by atoms with Crippen molar-refractivity contribution in [3.8, 4) is 17.7 Å². The molecule has 28 heavy (non-hydrogen) atoms. The van der Waals surface area contributed by atoms with Crippen LogP contribution in [0.1, 0.15) is 12.0 Å². The molecule has 1 aliphatic rings. The molecule has 1 aromatic heterocycles. The molecule has 0 amide bonds. The van der Waals surface area contributed by atoms with Gasteiger partial charge >= 0.3 is 0 Å². The lowest BCUT2D eigenvalue weighted by Crippen LogP contribution is -2.37. The smallest absolute Gasteiger partial charge is 0.247 e. The zero-order valence-electron chi connectivity index (χ0n) is 15.0. The third-order valence-electron chi connectivity index (χ3n) is 4.23. The molecule has 2 aromatic rings. The average molecular weight is 426 g/mol. The molecular formula is C18H17ClFN3O4S. The third-order valence-corrected chi connectivity index (χ3v) is 6.43. The highest BCUT2D eigenvalue weighted by Crippen LogP contribution is 2.44. The summed E-state index contributed by atoms with van der Waals surface area (Å²) in [6.45, 7) is 1.14. The summed E-state index contributed by atoms with van der Waals surface area (Å²) in [4.78, 5) is 5.19. The fourth-order valence-electron chi connectivity index (χ4n) is 2.90. The monoisotopic (exact) mass is 425 g/mol. The fourth-order valence-corrected chi connectivity index (χ4v) is 4.91. The van der Waals surface area contributed by atoms with Crippen molar-refractivity contribution >= 4 is 27.1 Å². The Morgan fingerprint density at radius 1 is 1.36 bits per heavy atom. The van der Waals surface area contributed by atoms with Gasteiger partial charge in [0.15, 0.2) is 9.84 Å². The van der Waals surface area contributed by atoms with E-state index in [2.05, 4.69) is 4.98 Å². The Morgan fingerprint density at radius 2 is 2.07 bits per heavy atom. The van der Waals surface area contributed by atoms with E-state index in [0.29, 0.717) is 25.1 Å². The first-order valence-electron chi connectivity index (χ1n) is 8.41. The first kappa shape index (κ1) is 20.3. The molecule has 0 bridgehead atoms. The van der Waals surface area contributed by atoms with Crippen molar-refractivity contribution in [2.75, 3.05) is 37.5 Å². The van der Waals surface area contributed by atoms with E-state index in [1.54, 1.807) is 12.0 Å². The Balaban J connectivity index is 2.09. The summed E-state index contributed by atoms with van der Waals surface area (Å²) >= 11 is 5.98. The number of halogens is 2. The van der Waals surface area contributed by atoms with Crippen molar-refractivity contribution in [3.63, 3.8) is 0 Å². The number of hydrogen-bond donors (Lipinski definition) is 0. The maximum absolute atomic E-state index is 14.3. The predicted molar refractivity (Wildman–Crippen MR) is 101 cm³/mol. The number of hydrogen-bond acceptors (Lipinski definition) is 7. The number of benzene rings is 1. The van der Waals surface area contributed by atoms with Crippen LogP contribution in [0.2, 0.25) is 5.02 Å². The fraction of sp³-hybridized carbons (Fsp3) is 0.333. The minimum Gasteiger partial charge on any atom is -0.437 e. The standard InChI is InChI=1S/C18H17ClFN3O4S/c1-26-9-2-7-23-8-10-28(24,25)16-14(19)17(20)22-18(15(16)23)27-13-5-3-12(11-21)4-6-13/h3-6H,2,7-10H2,1H3. The van der Waals surface area contributed by atoms with Crippen molar-refractivity contribution in [2.24, 2.45) is 0 Å². The Morgan fingerprint density at radius 3 is 2.71 bits per heavy atom. The molecule has 2 heterocycles. The van der Waals surface area contributed by atoms with E-state index in [1.807, 2.05) is 6.07 Å². The Labute approximate surface area is 167 Å². The van der Waals surface area contributed by atoms with Gasteiger partial charge in [0.25, 0.3) is 0 Å². The second kappa shape index (κ2) is 8.31. The normalized spacial score (nSPS) is 15.0. The van der Waals surface area contributed by atoms with E-state index in [9.17, 15) is 12.8 Å². The van der Waals surface area contributed by atoms with Gasteiger partial charge in [0.2, 0.25) is 11.8 Å². The SMILES string of the molecule is COCCCN1CCS(=O)(=O)c2c(Cl)c(F)nc(Oc3ccc(C#N)cc3)c21. The van der Waals surface area contributed by atoms with Crippen LogP contribution in [0.25, 0.3) is 0 Å². The van der Waals surface area contributed by atoms with Gasteiger partial charge in [0, 0.05) is 26.8 Å². The molecule has 0 aliphatic carbocycles. The van der Waals surface area contributed by atoms with Crippen LogP contribution in [-0.2, 0) is 14.6 Å². The minimum atomic E-state index is -3.79. The average Bonchev–Trinajstić information content (AvgIpc) is 2.67. The van der Waals surface area contributed by atoms with E-state index in [0.717, 1.165) is 0 Å². The maximum atomic E-state index is 14.3. The van der Waals surface area contributed by atoms with E-state index >= 15 is 0 Å². The van der Waals surface area contributed by atoms with Crippen molar-refractivity contribution < 1.29 is 22.3 Å². The van der Waals surface area contributed by atoms with Crippen LogP contribution in [0.4, 0.5) is 10.1 Å². The Hall–Kier alpha value is -2.41. The summed E-state index contributed by atoms with van der Waals surface area (Å²) in [6, 6.07) is 8.08. The summed E-state index contributed by atoms with van der Waals surface area (Å²) in [5.74, 6) is -1.21. The number of sulfone groups is 1. The van der Waals surface area contributed by atoms with Crippen LogP contribution in [0, 0.1) is 17.3 Å². The lowest BCUT2D eigenvalue weighted by molar-refractivity contribution is 0.196. The van der Waals surface area contributed by atoms with E-state index in [4.69, 9.17) is 26.3 Å². The van der Waals surface area contributed by atoms with Crippen LogP contribution in [-0.4, -0.2) is 46.0 Å². The molecule has 0 atom stereocenters. The number of rotatable bonds is 6. The molecule has 1 aromatic carbocycles. The highest BCUT2D eigenvalue weighted by Gasteiger charge is 2.36. The van der Waals surface area contributed by atoms with Gasteiger partial charge in [0.1, 0.15) is 21.4 Å². The number of nitrogens with zero attached hydrogens (tertiary/aromatic N) is 3. The molecule has 148 valence electrons. The topological polar surface area (TPSA) is 92.5 Å². The summed E-state index contributed by atoms with van der Waals surface area (Å²) in [5.41, 5.74) is 0.562. The molecule has 0 N–H and O–H groups in total. The van der Waals surface area contributed by atoms with Crippen molar-refractivity contribution in [2.45, 2.75) is 11.3 Å². The number of methoxy groups -OCH3 is 1. The zero-order chi connectivity index (χ0) is 20.3. The van der Waals surface area contributed by atoms with Crippen LogP contribution in [0.5, 0.6) is 11.6 Å². The summed E-state index contributed by atoms with van der Waals surface area (Å²) in [5, 5.41) is 8.34. The van der Waals surface area contributed by atoms with Gasteiger partial charge in [-0.25, -0.2) is 8.42 Å². The first-order chi connectivity index (χ1) is 13.4. The van der Waals surface area contributed by atoms with Crippen molar-refractivity contribution in [1.82, 2.24) is 4.98 Å². The molecule has 0 radical (unpaired) electrons. The third kappa shape index (κ3) is 4.04. The van der Waals surface area contributed by atoms with Gasteiger partial charge in [-0.15, -0.1) is 0 Å². The molecule has 0 spiro atoms. The second-order valence-corrected chi connectivity index (χ2v) is 8.51. The summed E-state index contributed by atoms with van der Waals surface area (Å²) < 4.78 is 50.2. The lowest BCUT2D eigenvalue weighted by Gasteiger charge is -2.32. The number of nitriles is 1. The molecule has 0 fully saturated rings. The largest absolute Gasteiger partial charge is 0.437 e. The summed E-state index contributed by atoms with van der Waals surface area (Å²) in [6.07, 6.45) is 0.626. The number of anilines is 1. The quantitative estimate of drug-likeness (QED) is 0.518. The van der Waals surface area contributed by atoms with Gasteiger partial charge in [-0.1, -0.05) is 11.6 Å². The van der Waals surface area contributed by atoms with Gasteiger partial charge in [0.05, 0.1) is 17.4 Å². The lowest BCUT2D eigenvalue weighted by atomic mass is 10.2. The van der Waals surface area contributed by atoms with Gasteiger partial charge in [-0.05, 0) is 30.7 Å².